The van der Waals surface area contributed by atoms with Crippen LogP contribution in [0.1, 0.15) is 29.2 Å². The molecule has 4 rings (SSSR count). The molecule has 1 aliphatic heterocycles. The molecule has 0 spiro atoms. The minimum atomic E-state index is -0.566. The maximum atomic E-state index is 12.8. The lowest BCUT2D eigenvalue weighted by atomic mass is 10.0. The summed E-state index contributed by atoms with van der Waals surface area (Å²) in [6, 6.07) is 10.2. The summed E-state index contributed by atoms with van der Waals surface area (Å²) in [4.78, 5) is 23.4. The third-order valence-electron chi connectivity index (χ3n) is 4.73. The summed E-state index contributed by atoms with van der Waals surface area (Å²) in [5, 5.41) is 1.10. The number of fused-ring (bicyclic) bond motifs is 2. The van der Waals surface area contributed by atoms with E-state index in [9.17, 15) is 4.79 Å². The van der Waals surface area contributed by atoms with Gasteiger partial charge < -0.3 is 9.64 Å². The summed E-state index contributed by atoms with van der Waals surface area (Å²) in [5.41, 5.74) is 5.18. The van der Waals surface area contributed by atoms with Crippen LogP contribution in [0.3, 0.4) is 0 Å². The van der Waals surface area contributed by atoms with Crippen LogP contribution in [-0.2, 0) is 17.9 Å². The number of ether oxygens (including phenoxy) is 1. The zero-order valence-electron chi connectivity index (χ0n) is 15.2. The van der Waals surface area contributed by atoms with E-state index in [0.717, 1.165) is 22.0 Å². The van der Waals surface area contributed by atoms with Gasteiger partial charge in [0.25, 0.3) is 5.91 Å². The summed E-state index contributed by atoms with van der Waals surface area (Å²) in [5.74, 6) is 0.515. The van der Waals surface area contributed by atoms with Crippen LogP contribution in [0.25, 0.3) is 10.9 Å². The van der Waals surface area contributed by atoms with Crippen molar-refractivity contribution < 1.29 is 9.53 Å². The van der Waals surface area contributed by atoms with Crippen molar-refractivity contribution in [3.8, 4) is 5.88 Å². The summed E-state index contributed by atoms with van der Waals surface area (Å²) in [7, 11) is 0. The molecule has 1 aromatic carbocycles. The normalized spacial score (nSPS) is 17.0. The van der Waals surface area contributed by atoms with E-state index in [2.05, 4.69) is 37.0 Å². The maximum Gasteiger partial charge on any atom is 0.264 e. The first kappa shape index (κ1) is 16.5. The maximum absolute atomic E-state index is 12.8. The lowest BCUT2D eigenvalue weighted by Gasteiger charge is -2.22. The van der Waals surface area contributed by atoms with Gasteiger partial charge in [0.1, 0.15) is 0 Å². The highest BCUT2D eigenvalue weighted by Gasteiger charge is 2.29. The van der Waals surface area contributed by atoms with Crippen LogP contribution < -0.4 is 4.74 Å². The molecule has 0 fully saturated rings. The zero-order chi connectivity index (χ0) is 18.3. The van der Waals surface area contributed by atoms with Gasteiger partial charge in [-0.05, 0) is 55.7 Å². The number of carbonyl (C=O) groups is 1. The number of hydrogen-bond donors (Lipinski definition) is 0. The van der Waals surface area contributed by atoms with Crippen molar-refractivity contribution >= 4 is 16.8 Å². The van der Waals surface area contributed by atoms with E-state index in [0.29, 0.717) is 19.0 Å². The molecule has 0 bridgehead atoms. The second-order valence-electron chi connectivity index (χ2n) is 6.92. The van der Waals surface area contributed by atoms with Crippen LogP contribution in [0.2, 0.25) is 0 Å². The van der Waals surface area contributed by atoms with Gasteiger partial charge in [-0.2, -0.15) is 0 Å². The predicted molar refractivity (Wildman–Crippen MR) is 99.8 cm³/mol. The summed E-state index contributed by atoms with van der Waals surface area (Å²) >= 11 is 0. The lowest BCUT2D eigenvalue weighted by Crippen LogP contribution is -2.37. The van der Waals surface area contributed by atoms with Gasteiger partial charge >= 0.3 is 0 Å². The van der Waals surface area contributed by atoms with Crippen LogP contribution in [0, 0.1) is 13.8 Å². The van der Waals surface area contributed by atoms with E-state index in [4.69, 9.17) is 9.72 Å². The number of amides is 1. The Labute approximate surface area is 152 Å². The number of pyridine rings is 2. The molecule has 0 saturated carbocycles. The third kappa shape index (κ3) is 3.01. The zero-order valence-corrected chi connectivity index (χ0v) is 15.2. The Kier molecular flexibility index (Phi) is 4.07. The SMILES string of the molecule is Cc1cc(C)c2cc3c(nc2c1)O[C@@H](C)C(=O)N(Cc1cccnc1)C3. The second kappa shape index (κ2) is 6.41. The van der Waals surface area contributed by atoms with Crippen LogP contribution >= 0.6 is 0 Å². The molecule has 1 atom stereocenters. The van der Waals surface area contributed by atoms with Gasteiger partial charge in [-0.1, -0.05) is 12.1 Å². The number of rotatable bonds is 2. The molecular formula is C21H21N3O2. The number of hydrogen-bond acceptors (Lipinski definition) is 4. The fraction of sp³-hybridized carbons (Fsp3) is 0.286. The van der Waals surface area contributed by atoms with E-state index >= 15 is 0 Å². The Morgan fingerprint density at radius 1 is 1.27 bits per heavy atom. The van der Waals surface area contributed by atoms with Gasteiger partial charge in [0.2, 0.25) is 5.88 Å². The molecule has 3 heterocycles. The summed E-state index contributed by atoms with van der Waals surface area (Å²) < 4.78 is 5.91. The summed E-state index contributed by atoms with van der Waals surface area (Å²) in [6.07, 6.45) is 2.95. The van der Waals surface area contributed by atoms with Crippen LogP contribution in [-0.4, -0.2) is 26.9 Å². The smallest absolute Gasteiger partial charge is 0.264 e. The molecule has 0 radical (unpaired) electrons. The largest absolute Gasteiger partial charge is 0.464 e. The van der Waals surface area contributed by atoms with E-state index in [-0.39, 0.29) is 5.91 Å². The fourth-order valence-corrected chi connectivity index (χ4v) is 3.47. The standard InChI is InChI=1S/C21H21N3O2/c1-13-7-14(2)18-9-17-12-24(11-16-5-4-6-22-10-16)21(25)15(3)26-20(17)23-19(18)8-13/h4-10,15H,11-12H2,1-3H3/t15-/m0/s1. The summed E-state index contributed by atoms with van der Waals surface area (Å²) in [6.45, 7) is 6.90. The Hall–Kier alpha value is -2.95. The van der Waals surface area contributed by atoms with Crippen LogP contribution in [0.4, 0.5) is 0 Å². The van der Waals surface area contributed by atoms with E-state index < -0.39 is 6.10 Å². The molecule has 0 aliphatic carbocycles. The highest BCUT2D eigenvalue weighted by molar-refractivity contribution is 5.86. The molecule has 5 nitrogen and oxygen atoms in total. The van der Waals surface area contributed by atoms with E-state index in [1.807, 2.05) is 17.0 Å². The van der Waals surface area contributed by atoms with Gasteiger partial charge in [-0.15, -0.1) is 0 Å². The molecule has 0 unspecified atom stereocenters. The highest BCUT2D eigenvalue weighted by atomic mass is 16.5. The topological polar surface area (TPSA) is 55.3 Å². The van der Waals surface area contributed by atoms with Crippen molar-refractivity contribution in [1.29, 1.82) is 0 Å². The van der Waals surface area contributed by atoms with Crippen LogP contribution in [0.5, 0.6) is 5.88 Å². The average Bonchev–Trinajstić information content (AvgIpc) is 2.72. The monoisotopic (exact) mass is 347 g/mol. The minimum Gasteiger partial charge on any atom is -0.464 e. The highest BCUT2D eigenvalue weighted by Crippen LogP contribution is 2.30. The van der Waals surface area contributed by atoms with Gasteiger partial charge in [0.05, 0.1) is 12.1 Å². The molecule has 3 aromatic rings. The number of aryl methyl sites for hydroxylation is 2. The Morgan fingerprint density at radius 2 is 2.12 bits per heavy atom. The van der Waals surface area contributed by atoms with Gasteiger partial charge in [0, 0.05) is 29.9 Å². The first-order valence-corrected chi connectivity index (χ1v) is 8.76. The van der Waals surface area contributed by atoms with E-state index in [1.165, 1.54) is 11.1 Å². The molecule has 5 heteroatoms. The fourth-order valence-electron chi connectivity index (χ4n) is 3.47. The van der Waals surface area contributed by atoms with Crippen molar-refractivity contribution in [2.24, 2.45) is 0 Å². The number of carbonyl (C=O) groups excluding carboxylic acids is 1. The molecule has 132 valence electrons. The molecule has 26 heavy (non-hydrogen) atoms. The molecule has 2 aromatic heterocycles. The Balaban J connectivity index is 1.76. The molecule has 1 amide bonds. The minimum absolute atomic E-state index is 0.0381. The van der Waals surface area contributed by atoms with Crippen molar-refractivity contribution in [3.63, 3.8) is 0 Å². The molecule has 0 saturated heterocycles. The Morgan fingerprint density at radius 3 is 2.88 bits per heavy atom. The van der Waals surface area contributed by atoms with Gasteiger partial charge in [0.15, 0.2) is 6.10 Å². The van der Waals surface area contributed by atoms with Crippen molar-refractivity contribution in [1.82, 2.24) is 14.9 Å². The quantitative estimate of drug-likeness (QED) is 0.711. The third-order valence-corrected chi connectivity index (χ3v) is 4.73. The second-order valence-corrected chi connectivity index (χ2v) is 6.92. The van der Waals surface area contributed by atoms with E-state index in [1.54, 1.807) is 19.3 Å². The number of nitrogens with zero attached hydrogens (tertiary/aromatic N) is 3. The number of aromatic nitrogens is 2. The molecular weight excluding hydrogens is 326 g/mol. The predicted octanol–water partition coefficient (Wildman–Crippen LogP) is 3.56. The lowest BCUT2D eigenvalue weighted by molar-refractivity contribution is -0.138. The Bertz CT molecular complexity index is 985. The van der Waals surface area contributed by atoms with Gasteiger partial charge in [-0.3, -0.25) is 9.78 Å². The number of benzene rings is 1. The molecule has 0 N–H and O–H groups in total. The first-order chi connectivity index (χ1) is 12.5. The molecule has 1 aliphatic rings. The van der Waals surface area contributed by atoms with Crippen molar-refractivity contribution in [2.45, 2.75) is 40.0 Å². The van der Waals surface area contributed by atoms with Gasteiger partial charge in [-0.25, -0.2) is 4.98 Å². The van der Waals surface area contributed by atoms with Crippen molar-refractivity contribution in [3.05, 3.63) is 65.0 Å². The first-order valence-electron chi connectivity index (χ1n) is 8.76. The van der Waals surface area contributed by atoms with Crippen molar-refractivity contribution in [2.75, 3.05) is 0 Å². The van der Waals surface area contributed by atoms with Crippen LogP contribution in [0.15, 0.2) is 42.7 Å². The average molecular weight is 347 g/mol.